The lowest BCUT2D eigenvalue weighted by Crippen LogP contribution is -2.40. The molecule has 3 amide bonds. The molecule has 8 nitrogen and oxygen atoms in total. The predicted molar refractivity (Wildman–Crippen MR) is 135 cm³/mol. The number of rotatable bonds is 7. The zero-order valence-electron chi connectivity index (χ0n) is 20.7. The predicted octanol–water partition coefficient (Wildman–Crippen LogP) is 4.98. The summed E-state index contributed by atoms with van der Waals surface area (Å²) in [6.07, 6.45) is 0. The molecule has 0 aliphatic rings. The number of carbonyl (C=O) groups is 2. The first-order valence-corrected chi connectivity index (χ1v) is 11.3. The molecule has 0 aliphatic heterocycles. The van der Waals surface area contributed by atoms with E-state index < -0.39 is 0 Å². The van der Waals surface area contributed by atoms with Crippen LogP contribution in [0.5, 0.6) is 5.75 Å². The molecule has 0 spiro atoms. The Hall–Kier alpha value is -3.81. The van der Waals surface area contributed by atoms with Gasteiger partial charge in [0, 0.05) is 29.8 Å². The van der Waals surface area contributed by atoms with Crippen LogP contribution >= 0.6 is 0 Å². The maximum atomic E-state index is 13.0. The van der Waals surface area contributed by atoms with E-state index in [0.717, 1.165) is 16.9 Å². The van der Waals surface area contributed by atoms with Crippen molar-refractivity contribution in [3.63, 3.8) is 0 Å². The van der Waals surface area contributed by atoms with E-state index in [-0.39, 0.29) is 23.9 Å². The number of hydrogen-bond acceptors (Lipinski definition) is 4. The molecule has 0 saturated carbocycles. The van der Waals surface area contributed by atoms with Crippen molar-refractivity contribution >= 4 is 23.4 Å². The Kier molecular flexibility index (Phi) is 7.61. The molecular weight excluding hydrogens is 430 g/mol. The van der Waals surface area contributed by atoms with Gasteiger partial charge < -0.3 is 20.3 Å². The Balaban J connectivity index is 1.78. The topological polar surface area (TPSA) is 88.5 Å². The summed E-state index contributed by atoms with van der Waals surface area (Å²) < 4.78 is 6.95. The highest BCUT2D eigenvalue weighted by molar-refractivity contribution is 5.96. The fourth-order valence-electron chi connectivity index (χ4n) is 3.41. The molecule has 0 unspecified atom stereocenters. The van der Waals surface area contributed by atoms with E-state index in [2.05, 4.69) is 31.4 Å². The van der Waals surface area contributed by atoms with Crippen molar-refractivity contribution in [2.45, 2.75) is 40.0 Å². The molecule has 180 valence electrons. The SMILES string of the molecule is CCN(CC(=O)Nc1cc(C(C)(C)C)nn1-c1ccccc1C)C(=O)Nc1cccc(OC)c1. The number of aryl methyl sites for hydroxylation is 1. The van der Waals surface area contributed by atoms with Gasteiger partial charge in [-0.1, -0.05) is 45.0 Å². The van der Waals surface area contributed by atoms with E-state index in [9.17, 15) is 9.59 Å². The van der Waals surface area contributed by atoms with E-state index in [0.29, 0.717) is 23.8 Å². The highest BCUT2D eigenvalue weighted by Crippen LogP contribution is 2.27. The molecule has 1 aromatic heterocycles. The van der Waals surface area contributed by atoms with E-state index in [1.807, 2.05) is 44.2 Å². The van der Waals surface area contributed by atoms with Gasteiger partial charge in [0.25, 0.3) is 0 Å². The van der Waals surface area contributed by atoms with Crippen molar-refractivity contribution in [1.82, 2.24) is 14.7 Å². The molecule has 0 saturated heterocycles. The number of urea groups is 1. The summed E-state index contributed by atoms with van der Waals surface area (Å²) in [4.78, 5) is 27.2. The van der Waals surface area contributed by atoms with Crippen molar-refractivity contribution < 1.29 is 14.3 Å². The van der Waals surface area contributed by atoms with Gasteiger partial charge in [-0.2, -0.15) is 5.10 Å². The third-order valence-electron chi connectivity index (χ3n) is 5.41. The van der Waals surface area contributed by atoms with Crippen LogP contribution in [-0.2, 0) is 10.2 Å². The Bertz CT molecular complexity index is 1160. The summed E-state index contributed by atoms with van der Waals surface area (Å²) in [5.74, 6) is 0.893. The van der Waals surface area contributed by atoms with Crippen LogP contribution < -0.4 is 15.4 Å². The fraction of sp³-hybridized carbons (Fsp3) is 0.346. The number of ether oxygens (including phenoxy) is 1. The largest absolute Gasteiger partial charge is 0.497 e. The summed E-state index contributed by atoms with van der Waals surface area (Å²) in [5.41, 5.74) is 3.18. The minimum Gasteiger partial charge on any atom is -0.497 e. The average Bonchev–Trinajstić information content (AvgIpc) is 3.21. The Morgan fingerprint density at radius 3 is 2.44 bits per heavy atom. The number of para-hydroxylation sites is 1. The molecular formula is C26H33N5O3. The number of carbonyl (C=O) groups excluding carboxylic acids is 2. The van der Waals surface area contributed by atoms with Crippen LogP contribution in [0.4, 0.5) is 16.3 Å². The molecule has 2 aromatic carbocycles. The van der Waals surface area contributed by atoms with Crippen molar-refractivity contribution in [2.75, 3.05) is 30.8 Å². The van der Waals surface area contributed by atoms with Gasteiger partial charge in [-0.05, 0) is 37.6 Å². The second-order valence-corrected chi connectivity index (χ2v) is 9.09. The van der Waals surface area contributed by atoms with Gasteiger partial charge >= 0.3 is 6.03 Å². The van der Waals surface area contributed by atoms with Gasteiger partial charge in [0.05, 0.1) is 18.5 Å². The van der Waals surface area contributed by atoms with Crippen LogP contribution in [0.25, 0.3) is 5.69 Å². The summed E-state index contributed by atoms with van der Waals surface area (Å²) in [7, 11) is 1.57. The zero-order valence-corrected chi connectivity index (χ0v) is 20.7. The number of hydrogen-bond donors (Lipinski definition) is 2. The van der Waals surface area contributed by atoms with Crippen molar-refractivity contribution in [3.05, 3.63) is 65.9 Å². The normalized spacial score (nSPS) is 11.1. The number of nitrogens with zero attached hydrogens (tertiary/aromatic N) is 3. The number of nitrogens with one attached hydrogen (secondary N) is 2. The molecule has 0 atom stereocenters. The van der Waals surface area contributed by atoms with Gasteiger partial charge in [-0.3, -0.25) is 4.79 Å². The van der Waals surface area contributed by atoms with Gasteiger partial charge in [0.1, 0.15) is 18.1 Å². The first-order chi connectivity index (χ1) is 16.1. The van der Waals surface area contributed by atoms with Crippen LogP contribution in [0.3, 0.4) is 0 Å². The summed E-state index contributed by atoms with van der Waals surface area (Å²) in [5, 5.41) is 10.5. The minimum absolute atomic E-state index is 0.101. The average molecular weight is 464 g/mol. The lowest BCUT2D eigenvalue weighted by molar-refractivity contribution is -0.116. The van der Waals surface area contributed by atoms with Gasteiger partial charge in [-0.15, -0.1) is 0 Å². The molecule has 0 radical (unpaired) electrons. The summed E-state index contributed by atoms with van der Waals surface area (Å²) in [6.45, 7) is 10.3. The smallest absolute Gasteiger partial charge is 0.322 e. The highest BCUT2D eigenvalue weighted by Gasteiger charge is 2.23. The van der Waals surface area contributed by atoms with E-state index in [4.69, 9.17) is 9.84 Å². The molecule has 2 N–H and O–H groups in total. The summed E-state index contributed by atoms with van der Waals surface area (Å²) in [6, 6.07) is 16.5. The Morgan fingerprint density at radius 1 is 1.06 bits per heavy atom. The minimum atomic E-state index is -0.367. The zero-order chi connectivity index (χ0) is 24.9. The first-order valence-electron chi connectivity index (χ1n) is 11.3. The number of likely N-dealkylation sites (N-methyl/N-ethyl adjacent to an activating group) is 1. The number of anilines is 2. The molecule has 0 bridgehead atoms. The molecule has 3 rings (SSSR count). The van der Waals surface area contributed by atoms with Crippen molar-refractivity contribution in [2.24, 2.45) is 0 Å². The van der Waals surface area contributed by atoms with E-state index in [1.54, 1.807) is 36.1 Å². The van der Waals surface area contributed by atoms with Crippen molar-refractivity contribution in [1.29, 1.82) is 0 Å². The Morgan fingerprint density at radius 2 is 1.79 bits per heavy atom. The molecule has 1 heterocycles. The van der Waals surface area contributed by atoms with E-state index >= 15 is 0 Å². The molecule has 3 aromatic rings. The van der Waals surface area contributed by atoms with Crippen LogP contribution in [0.15, 0.2) is 54.6 Å². The number of aromatic nitrogens is 2. The standard InChI is InChI=1S/C26H33N5O3/c1-7-30(25(33)27-19-12-10-13-20(15-19)34-6)17-24(32)28-23-16-22(26(3,4)5)29-31(23)21-14-9-8-11-18(21)2/h8-16H,7,17H2,1-6H3,(H,27,33)(H,28,32). The maximum Gasteiger partial charge on any atom is 0.322 e. The first kappa shape index (κ1) is 24.8. The van der Waals surface area contributed by atoms with Crippen LogP contribution in [0.2, 0.25) is 0 Å². The molecule has 8 heteroatoms. The number of methoxy groups -OCH3 is 1. The quantitative estimate of drug-likeness (QED) is 0.517. The van der Waals surface area contributed by atoms with Crippen LogP contribution in [-0.4, -0.2) is 46.8 Å². The highest BCUT2D eigenvalue weighted by atomic mass is 16.5. The van der Waals surface area contributed by atoms with E-state index in [1.165, 1.54) is 4.90 Å². The molecule has 0 aliphatic carbocycles. The third-order valence-corrected chi connectivity index (χ3v) is 5.41. The van der Waals surface area contributed by atoms with Crippen molar-refractivity contribution in [3.8, 4) is 11.4 Å². The lowest BCUT2D eigenvalue weighted by Gasteiger charge is -2.21. The maximum absolute atomic E-state index is 13.0. The second-order valence-electron chi connectivity index (χ2n) is 9.09. The molecule has 34 heavy (non-hydrogen) atoms. The summed E-state index contributed by atoms with van der Waals surface area (Å²) >= 11 is 0. The number of amides is 3. The number of benzene rings is 2. The Labute approximate surface area is 200 Å². The van der Waals surface area contributed by atoms with Crippen LogP contribution in [0.1, 0.15) is 39.0 Å². The van der Waals surface area contributed by atoms with Crippen LogP contribution in [0, 0.1) is 6.92 Å². The lowest BCUT2D eigenvalue weighted by atomic mass is 9.92. The third kappa shape index (κ3) is 5.95. The fourth-order valence-corrected chi connectivity index (χ4v) is 3.41. The van der Waals surface area contributed by atoms with Gasteiger partial charge in [0.15, 0.2) is 0 Å². The monoisotopic (exact) mass is 463 g/mol. The van der Waals surface area contributed by atoms with Gasteiger partial charge in [-0.25, -0.2) is 9.48 Å². The second kappa shape index (κ2) is 10.4. The molecule has 0 fully saturated rings. The van der Waals surface area contributed by atoms with Gasteiger partial charge in [0.2, 0.25) is 5.91 Å².